The molecule has 1 aliphatic heterocycles. The van der Waals surface area contributed by atoms with Crippen LogP contribution in [0.25, 0.3) is 0 Å². The number of para-hydroxylation sites is 1. The van der Waals surface area contributed by atoms with Crippen LogP contribution in [0.1, 0.15) is 5.56 Å². The zero-order valence-corrected chi connectivity index (χ0v) is 7.69. The summed E-state index contributed by atoms with van der Waals surface area (Å²) in [5.74, 6) is 0.266. The van der Waals surface area contributed by atoms with Crippen LogP contribution in [0, 0.1) is 0 Å². The van der Waals surface area contributed by atoms with Gasteiger partial charge in [0, 0.05) is 6.42 Å². The average molecular weight is 192 g/mol. The Morgan fingerprint density at radius 3 is 2.86 bits per heavy atom. The zero-order chi connectivity index (χ0) is 10.2. The molecule has 0 bridgehead atoms. The van der Waals surface area contributed by atoms with Gasteiger partial charge in [0.2, 0.25) is 5.91 Å². The van der Waals surface area contributed by atoms with Crippen LogP contribution in [0.4, 0.5) is 0 Å². The maximum absolute atomic E-state index is 11.1. The van der Waals surface area contributed by atoms with Crippen LogP contribution in [-0.2, 0) is 11.2 Å². The van der Waals surface area contributed by atoms with Crippen LogP contribution in [0.2, 0.25) is 0 Å². The third kappa shape index (κ3) is 1.33. The van der Waals surface area contributed by atoms with Crippen molar-refractivity contribution in [2.45, 2.75) is 12.0 Å². The van der Waals surface area contributed by atoms with Crippen molar-refractivity contribution in [1.29, 1.82) is 0 Å². The van der Waals surface area contributed by atoms with Crippen molar-refractivity contribution >= 4 is 5.91 Å². The Labute approximate surface area is 81.8 Å². The van der Waals surface area contributed by atoms with Crippen molar-refractivity contribution in [2.24, 2.45) is 11.5 Å². The fourth-order valence-corrected chi connectivity index (χ4v) is 1.55. The van der Waals surface area contributed by atoms with Gasteiger partial charge in [-0.05, 0) is 11.6 Å². The van der Waals surface area contributed by atoms with Crippen molar-refractivity contribution in [2.75, 3.05) is 6.61 Å². The quantitative estimate of drug-likeness (QED) is 0.647. The summed E-state index contributed by atoms with van der Waals surface area (Å²) in [6.07, 6.45) is 0.443. The fraction of sp³-hybridized carbons (Fsp3) is 0.300. The molecule has 0 aromatic heterocycles. The van der Waals surface area contributed by atoms with E-state index >= 15 is 0 Å². The largest absolute Gasteiger partial charge is 0.491 e. The average Bonchev–Trinajstić information content (AvgIpc) is 2.17. The standard InChI is InChI=1S/C10H12N2O2/c11-9(13)10(12)5-7-3-1-2-4-8(7)14-6-10/h1-4H,5-6,12H2,(H2,11,13). The molecule has 1 aliphatic rings. The first-order chi connectivity index (χ1) is 6.62. The van der Waals surface area contributed by atoms with E-state index in [1.54, 1.807) is 0 Å². The van der Waals surface area contributed by atoms with Gasteiger partial charge in [-0.2, -0.15) is 0 Å². The molecule has 1 heterocycles. The molecule has 0 saturated carbocycles. The van der Waals surface area contributed by atoms with E-state index in [0.29, 0.717) is 6.42 Å². The summed E-state index contributed by atoms with van der Waals surface area (Å²) in [4.78, 5) is 11.1. The molecule has 1 atom stereocenters. The second kappa shape index (κ2) is 2.99. The molecule has 0 radical (unpaired) electrons. The summed E-state index contributed by atoms with van der Waals surface area (Å²) in [5.41, 5.74) is 10.9. The van der Waals surface area contributed by atoms with Crippen molar-refractivity contribution in [1.82, 2.24) is 0 Å². The molecule has 4 nitrogen and oxygen atoms in total. The third-order valence-corrected chi connectivity index (χ3v) is 2.45. The van der Waals surface area contributed by atoms with E-state index in [1.165, 1.54) is 0 Å². The summed E-state index contributed by atoms with van der Waals surface area (Å²) in [6.45, 7) is 0.152. The first-order valence-electron chi connectivity index (χ1n) is 4.41. The molecule has 4 N–H and O–H groups in total. The Kier molecular flexibility index (Phi) is 1.93. The SMILES string of the molecule is NC(=O)C1(N)COc2ccccc2C1. The Morgan fingerprint density at radius 2 is 2.14 bits per heavy atom. The zero-order valence-electron chi connectivity index (χ0n) is 7.69. The predicted octanol–water partition coefficient (Wildman–Crippen LogP) is -0.196. The maximum Gasteiger partial charge on any atom is 0.241 e. The molecule has 74 valence electrons. The second-order valence-electron chi connectivity index (χ2n) is 3.59. The lowest BCUT2D eigenvalue weighted by Crippen LogP contribution is -2.59. The molecule has 4 heteroatoms. The summed E-state index contributed by atoms with van der Waals surface area (Å²) >= 11 is 0. The van der Waals surface area contributed by atoms with Gasteiger partial charge in [-0.25, -0.2) is 0 Å². The molecule has 1 amide bonds. The summed E-state index contributed by atoms with van der Waals surface area (Å²) in [7, 11) is 0. The van der Waals surface area contributed by atoms with Gasteiger partial charge in [0.25, 0.3) is 0 Å². The summed E-state index contributed by atoms with van der Waals surface area (Å²) in [6, 6.07) is 7.51. The molecule has 0 fully saturated rings. The number of benzene rings is 1. The third-order valence-electron chi connectivity index (χ3n) is 2.45. The van der Waals surface area contributed by atoms with E-state index in [4.69, 9.17) is 16.2 Å². The van der Waals surface area contributed by atoms with E-state index in [1.807, 2.05) is 24.3 Å². The molecular weight excluding hydrogens is 180 g/mol. The predicted molar refractivity (Wildman–Crippen MR) is 51.8 cm³/mol. The van der Waals surface area contributed by atoms with Crippen LogP contribution in [-0.4, -0.2) is 18.1 Å². The first kappa shape index (κ1) is 9.02. The smallest absolute Gasteiger partial charge is 0.241 e. The fourth-order valence-electron chi connectivity index (χ4n) is 1.55. The molecule has 14 heavy (non-hydrogen) atoms. The topological polar surface area (TPSA) is 78.3 Å². The van der Waals surface area contributed by atoms with E-state index in [2.05, 4.69) is 0 Å². The number of amides is 1. The Hall–Kier alpha value is -1.55. The second-order valence-corrected chi connectivity index (χ2v) is 3.59. The summed E-state index contributed by atoms with van der Waals surface area (Å²) < 4.78 is 5.37. The monoisotopic (exact) mass is 192 g/mol. The molecule has 1 aromatic carbocycles. The number of carbonyl (C=O) groups is 1. The number of nitrogens with two attached hydrogens (primary N) is 2. The van der Waals surface area contributed by atoms with Gasteiger partial charge >= 0.3 is 0 Å². The van der Waals surface area contributed by atoms with Crippen molar-refractivity contribution in [3.63, 3.8) is 0 Å². The van der Waals surface area contributed by atoms with E-state index in [-0.39, 0.29) is 6.61 Å². The van der Waals surface area contributed by atoms with Gasteiger partial charge in [-0.15, -0.1) is 0 Å². The molecule has 2 rings (SSSR count). The van der Waals surface area contributed by atoms with Crippen LogP contribution in [0.3, 0.4) is 0 Å². The minimum absolute atomic E-state index is 0.152. The highest BCUT2D eigenvalue weighted by molar-refractivity contribution is 5.85. The number of fused-ring (bicyclic) bond motifs is 1. The van der Waals surface area contributed by atoms with Crippen LogP contribution in [0.5, 0.6) is 5.75 Å². The number of carbonyl (C=O) groups excluding carboxylic acids is 1. The number of ether oxygens (including phenoxy) is 1. The number of hydrogen-bond donors (Lipinski definition) is 2. The van der Waals surface area contributed by atoms with E-state index in [0.717, 1.165) is 11.3 Å². The van der Waals surface area contributed by atoms with Gasteiger partial charge < -0.3 is 16.2 Å². The first-order valence-corrected chi connectivity index (χ1v) is 4.41. The normalized spacial score (nSPS) is 24.9. The van der Waals surface area contributed by atoms with Crippen molar-refractivity contribution < 1.29 is 9.53 Å². The summed E-state index contributed by atoms with van der Waals surface area (Å²) in [5, 5.41) is 0. The van der Waals surface area contributed by atoms with Gasteiger partial charge in [-0.3, -0.25) is 4.79 Å². The maximum atomic E-state index is 11.1. The van der Waals surface area contributed by atoms with E-state index < -0.39 is 11.4 Å². The van der Waals surface area contributed by atoms with Crippen molar-refractivity contribution in [3.8, 4) is 5.75 Å². The van der Waals surface area contributed by atoms with Crippen LogP contribution >= 0.6 is 0 Å². The van der Waals surface area contributed by atoms with Gasteiger partial charge in [-0.1, -0.05) is 18.2 Å². The minimum Gasteiger partial charge on any atom is -0.491 e. The molecule has 0 saturated heterocycles. The molecule has 1 unspecified atom stereocenters. The highest BCUT2D eigenvalue weighted by Crippen LogP contribution is 2.27. The Balaban J connectivity index is 2.34. The number of rotatable bonds is 1. The number of primary amides is 1. The number of hydrogen-bond acceptors (Lipinski definition) is 3. The molecule has 0 aliphatic carbocycles. The van der Waals surface area contributed by atoms with Gasteiger partial charge in [0.15, 0.2) is 0 Å². The molecule has 1 aromatic rings. The highest BCUT2D eigenvalue weighted by atomic mass is 16.5. The van der Waals surface area contributed by atoms with Gasteiger partial charge in [0.05, 0.1) is 0 Å². The lowest BCUT2D eigenvalue weighted by atomic mass is 9.89. The molecule has 0 spiro atoms. The Bertz CT molecular complexity index is 378. The minimum atomic E-state index is -1.06. The van der Waals surface area contributed by atoms with Crippen LogP contribution in [0.15, 0.2) is 24.3 Å². The van der Waals surface area contributed by atoms with Crippen molar-refractivity contribution in [3.05, 3.63) is 29.8 Å². The Morgan fingerprint density at radius 1 is 1.43 bits per heavy atom. The van der Waals surface area contributed by atoms with Crippen LogP contribution < -0.4 is 16.2 Å². The molecular formula is C10H12N2O2. The lowest BCUT2D eigenvalue weighted by molar-refractivity contribution is -0.124. The highest BCUT2D eigenvalue weighted by Gasteiger charge is 2.37. The lowest BCUT2D eigenvalue weighted by Gasteiger charge is -2.31. The van der Waals surface area contributed by atoms with E-state index in [9.17, 15) is 4.79 Å². The van der Waals surface area contributed by atoms with Gasteiger partial charge in [0.1, 0.15) is 17.9 Å².